The van der Waals surface area contributed by atoms with Crippen molar-refractivity contribution < 1.29 is 4.79 Å². The normalized spacial score (nSPS) is 14.0. The van der Waals surface area contributed by atoms with Gasteiger partial charge in [0.15, 0.2) is 0 Å². The summed E-state index contributed by atoms with van der Waals surface area (Å²) < 4.78 is 0. The number of fused-ring (bicyclic) bond motifs is 1. The van der Waals surface area contributed by atoms with E-state index in [-0.39, 0.29) is 5.91 Å². The average molecular weight is 439 g/mol. The first-order chi connectivity index (χ1) is 16.0. The highest BCUT2D eigenvalue weighted by atomic mass is 16.2. The molecule has 0 bridgehead atoms. The summed E-state index contributed by atoms with van der Waals surface area (Å²) in [5, 5.41) is 1.08. The number of hydrogen-bond donors (Lipinski definition) is 1. The molecule has 1 amide bonds. The molecule has 1 N–H and O–H groups in total. The second-order valence-corrected chi connectivity index (χ2v) is 9.15. The first-order valence-electron chi connectivity index (χ1n) is 11.7. The zero-order valence-corrected chi connectivity index (χ0v) is 19.6. The van der Waals surface area contributed by atoms with E-state index in [9.17, 15) is 4.79 Å². The Morgan fingerprint density at radius 2 is 1.67 bits per heavy atom. The fourth-order valence-corrected chi connectivity index (χ4v) is 4.78. The number of anilines is 1. The molecular formula is C28H30N4O. The number of aromatic amines is 1. The van der Waals surface area contributed by atoms with E-state index in [1.807, 2.05) is 36.7 Å². The highest BCUT2D eigenvalue weighted by Gasteiger charge is 2.15. The van der Waals surface area contributed by atoms with Crippen LogP contribution in [0, 0.1) is 6.92 Å². The predicted octanol–water partition coefficient (Wildman–Crippen LogP) is 5.90. The maximum atomic E-state index is 12.2. The van der Waals surface area contributed by atoms with Gasteiger partial charge in [0.1, 0.15) is 5.65 Å². The molecule has 0 spiro atoms. The van der Waals surface area contributed by atoms with E-state index in [1.54, 1.807) is 19.0 Å². The Balaban J connectivity index is 1.47. The molecule has 1 aliphatic rings. The average Bonchev–Trinajstić information content (AvgIpc) is 3.27. The molecule has 0 saturated carbocycles. The van der Waals surface area contributed by atoms with Crippen LogP contribution in [0.3, 0.4) is 0 Å². The van der Waals surface area contributed by atoms with Gasteiger partial charge in [-0.3, -0.25) is 4.79 Å². The van der Waals surface area contributed by atoms with Gasteiger partial charge >= 0.3 is 0 Å². The Labute approximate surface area is 195 Å². The van der Waals surface area contributed by atoms with Crippen LogP contribution < -0.4 is 4.90 Å². The molecular weight excluding hydrogens is 408 g/mol. The zero-order chi connectivity index (χ0) is 22.9. The minimum Gasteiger partial charge on any atom is -0.371 e. The highest BCUT2D eigenvalue weighted by molar-refractivity contribution is 5.98. The van der Waals surface area contributed by atoms with Crippen LogP contribution >= 0.6 is 0 Å². The summed E-state index contributed by atoms with van der Waals surface area (Å²) in [5.74, 6) is 0.00722. The summed E-state index contributed by atoms with van der Waals surface area (Å²) in [6.45, 7) is 4.51. The number of carbonyl (C=O) groups excluding carboxylic acids is 1. The van der Waals surface area contributed by atoms with E-state index in [0.717, 1.165) is 40.8 Å². The molecule has 5 heteroatoms. The second-order valence-electron chi connectivity index (χ2n) is 9.15. The number of aryl methyl sites for hydroxylation is 1. The molecule has 0 atom stereocenters. The summed E-state index contributed by atoms with van der Waals surface area (Å²) in [6.07, 6.45) is 7.84. The largest absolute Gasteiger partial charge is 0.371 e. The number of carbonyl (C=O) groups is 1. The number of piperidine rings is 1. The summed E-state index contributed by atoms with van der Waals surface area (Å²) in [4.78, 5) is 24.3. The molecule has 1 fully saturated rings. The van der Waals surface area contributed by atoms with Crippen molar-refractivity contribution in [2.45, 2.75) is 26.2 Å². The quantitative estimate of drug-likeness (QED) is 0.432. The van der Waals surface area contributed by atoms with Gasteiger partial charge in [-0.15, -0.1) is 0 Å². The fraction of sp³-hybridized carbons (Fsp3) is 0.286. The lowest BCUT2D eigenvalue weighted by Gasteiger charge is -2.30. The number of benzene rings is 2. The molecule has 0 aliphatic carbocycles. The van der Waals surface area contributed by atoms with Crippen LogP contribution in [0.1, 0.15) is 35.2 Å². The van der Waals surface area contributed by atoms with Crippen LogP contribution in [0.15, 0.2) is 60.9 Å². The van der Waals surface area contributed by atoms with Crippen molar-refractivity contribution in [3.05, 3.63) is 72.1 Å². The molecule has 168 valence electrons. The number of nitrogens with zero attached hydrogens (tertiary/aromatic N) is 3. The maximum Gasteiger partial charge on any atom is 0.253 e. The zero-order valence-electron chi connectivity index (χ0n) is 19.6. The number of hydrogen-bond acceptors (Lipinski definition) is 3. The maximum absolute atomic E-state index is 12.2. The molecule has 3 heterocycles. The Morgan fingerprint density at radius 3 is 2.36 bits per heavy atom. The van der Waals surface area contributed by atoms with Crippen molar-refractivity contribution in [3.8, 4) is 22.3 Å². The van der Waals surface area contributed by atoms with Gasteiger partial charge in [-0.25, -0.2) is 4.98 Å². The van der Waals surface area contributed by atoms with E-state index < -0.39 is 0 Å². The number of amides is 1. The Bertz CT molecular complexity index is 1300. The minimum atomic E-state index is 0.00722. The van der Waals surface area contributed by atoms with Gasteiger partial charge in [0.25, 0.3) is 5.91 Å². The minimum absolute atomic E-state index is 0.00722. The lowest BCUT2D eigenvalue weighted by atomic mass is 9.99. The third kappa shape index (κ3) is 4.11. The number of rotatable bonds is 4. The van der Waals surface area contributed by atoms with Gasteiger partial charge < -0.3 is 14.8 Å². The first-order valence-corrected chi connectivity index (χ1v) is 11.7. The van der Waals surface area contributed by atoms with Gasteiger partial charge in [0.2, 0.25) is 0 Å². The van der Waals surface area contributed by atoms with Gasteiger partial charge in [-0.2, -0.15) is 0 Å². The van der Waals surface area contributed by atoms with Crippen molar-refractivity contribution in [2.24, 2.45) is 0 Å². The summed E-state index contributed by atoms with van der Waals surface area (Å²) in [7, 11) is 3.54. The van der Waals surface area contributed by atoms with Crippen LogP contribution in [0.5, 0.6) is 0 Å². The summed E-state index contributed by atoms with van der Waals surface area (Å²) in [5.41, 5.74) is 8.65. The fourth-order valence-electron chi connectivity index (χ4n) is 4.78. The Morgan fingerprint density at radius 1 is 0.939 bits per heavy atom. The number of H-pyrrole nitrogens is 1. The lowest BCUT2D eigenvalue weighted by molar-refractivity contribution is 0.0827. The topological polar surface area (TPSA) is 52.2 Å². The third-order valence-corrected chi connectivity index (χ3v) is 6.61. The SMILES string of the molecule is Cc1cc(-c2cnc3[nH]cc(-c4ccc(C(=O)N(C)C)cc4)c3c2)ccc1N1CCCCC1. The van der Waals surface area contributed by atoms with Crippen LogP contribution in [-0.4, -0.2) is 48.0 Å². The second kappa shape index (κ2) is 8.74. The molecule has 2 aromatic heterocycles. The molecule has 5 rings (SSSR count). The smallest absolute Gasteiger partial charge is 0.253 e. The molecule has 5 nitrogen and oxygen atoms in total. The van der Waals surface area contributed by atoms with Crippen molar-refractivity contribution in [3.63, 3.8) is 0 Å². The van der Waals surface area contributed by atoms with Crippen molar-refractivity contribution in [2.75, 3.05) is 32.1 Å². The van der Waals surface area contributed by atoms with E-state index >= 15 is 0 Å². The van der Waals surface area contributed by atoms with Crippen molar-refractivity contribution in [1.29, 1.82) is 0 Å². The van der Waals surface area contributed by atoms with E-state index in [1.165, 1.54) is 36.1 Å². The number of nitrogens with one attached hydrogen (secondary N) is 1. The molecule has 2 aromatic carbocycles. The van der Waals surface area contributed by atoms with E-state index in [0.29, 0.717) is 5.56 Å². The van der Waals surface area contributed by atoms with Crippen LogP contribution in [-0.2, 0) is 0 Å². The van der Waals surface area contributed by atoms with Gasteiger partial charge in [0.05, 0.1) is 0 Å². The standard InChI is InChI=1S/C28H30N4O/c1-19-15-22(11-12-26(19)32-13-5-4-6-14-32)23-16-24-25(18-30-27(24)29-17-23)20-7-9-21(10-8-20)28(33)31(2)3/h7-12,15-18H,4-6,13-14H2,1-3H3,(H,29,30). The molecule has 1 saturated heterocycles. The Hall–Kier alpha value is -3.60. The van der Waals surface area contributed by atoms with Crippen LogP contribution in [0.25, 0.3) is 33.3 Å². The molecule has 0 radical (unpaired) electrons. The van der Waals surface area contributed by atoms with E-state index in [2.05, 4.69) is 46.1 Å². The predicted molar refractivity (Wildman–Crippen MR) is 136 cm³/mol. The van der Waals surface area contributed by atoms with Crippen molar-refractivity contribution >= 4 is 22.6 Å². The highest BCUT2D eigenvalue weighted by Crippen LogP contribution is 2.33. The van der Waals surface area contributed by atoms with Gasteiger partial charge in [-0.05, 0) is 73.2 Å². The number of pyridine rings is 1. The molecule has 4 aromatic rings. The van der Waals surface area contributed by atoms with Crippen molar-refractivity contribution in [1.82, 2.24) is 14.9 Å². The molecule has 0 unspecified atom stereocenters. The summed E-state index contributed by atoms with van der Waals surface area (Å²) in [6, 6.07) is 16.7. The monoisotopic (exact) mass is 438 g/mol. The third-order valence-electron chi connectivity index (χ3n) is 6.61. The molecule has 1 aliphatic heterocycles. The number of aromatic nitrogens is 2. The van der Waals surface area contributed by atoms with Gasteiger partial charge in [-0.1, -0.05) is 18.2 Å². The lowest BCUT2D eigenvalue weighted by Crippen LogP contribution is -2.29. The first kappa shape index (κ1) is 21.3. The van der Waals surface area contributed by atoms with Crippen LogP contribution in [0.4, 0.5) is 5.69 Å². The molecule has 33 heavy (non-hydrogen) atoms. The van der Waals surface area contributed by atoms with Gasteiger partial charge in [0, 0.05) is 67.3 Å². The van der Waals surface area contributed by atoms with Crippen LogP contribution in [0.2, 0.25) is 0 Å². The summed E-state index contributed by atoms with van der Waals surface area (Å²) >= 11 is 0. The van der Waals surface area contributed by atoms with E-state index in [4.69, 9.17) is 0 Å². The Kier molecular flexibility index (Phi) is 5.63.